The topological polar surface area (TPSA) is 33.1 Å². The number of aryl methyl sites for hydroxylation is 1. The molecule has 1 aromatic carbocycles. The SMILES string of the molecule is Cc1cc2c(O)cccc2c(Cl)n1. The minimum absolute atomic E-state index is 0.241. The molecule has 0 saturated heterocycles. The maximum atomic E-state index is 9.53. The monoisotopic (exact) mass is 193 g/mol. The van der Waals surface area contributed by atoms with Crippen molar-refractivity contribution in [1.82, 2.24) is 4.98 Å². The third-order valence-electron chi connectivity index (χ3n) is 1.93. The Balaban J connectivity index is 2.94. The van der Waals surface area contributed by atoms with E-state index in [-0.39, 0.29) is 5.75 Å². The van der Waals surface area contributed by atoms with Crippen LogP contribution in [0.1, 0.15) is 5.69 Å². The molecule has 1 N–H and O–H groups in total. The zero-order valence-corrected chi connectivity index (χ0v) is 7.84. The number of hydrogen-bond donors (Lipinski definition) is 1. The first-order valence-corrected chi connectivity index (χ1v) is 4.31. The van der Waals surface area contributed by atoms with E-state index < -0.39 is 0 Å². The summed E-state index contributed by atoms with van der Waals surface area (Å²) in [4.78, 5) is 4.10. The van der Waals surface area contributed by atoms with Crippen molar-refractivity contribution in [3.63, 3.8) is 0 Å². The van der Waals surface area contributed by atoms with Crippen LogP contribution in [0.25, 0.3) is 10.8 Å². The van der Waals surface area contributed by atoms with Crippen LogP contribution in [0.4, 0.5) is 0 Å². The molecular weight excluding hydrogens is 186 g/mol. The standard InChI is InChI=1S/C10H8ClNO/c1-6-5-8-7(10(11)12-6)3-2-4-9(8)13/h2-5,13H,1H3. The molecule has 0 aliphatic rings. The second-order valence-corrected chi connectivity index (χ2v) is 3.28. The highest BCUT2D eigenvalue weighted by Gasteiger charge is 2.04. The lowest BCUT2D eigenvalue weighted by Crippen LogP contribution is -1.84. The van der Waals surface area contributed by atoms with Crippen LogP contribution in [0.15, 0.2) is 24.3 Å². The average molecular weight is 194 g/mol. The number of pyridine rings is 1. The van der Waals surface area contributed by atoms with Gasteiger partial charge in [-0.2, -0.15) is 0 Å². The number of nitrogens with zero attached hydrogens (tertiary/aromatic N) is 1. The fourth-order valence-electron chi connectivity index (χ4n) is 1.34. The van der Waals surface area contributed by atoms with Crippen molar-refractivity contribution in [2.75, 3.05) is 0 Å². The highest BCUT2D eigenvalue weighted by Crippen LogP contribution is 2.28. The largest absolute Gasteiger partial charge is 0.507 e. The van der Waals surface area contributed by atoms with Gasteiger partial charge in [0.1, 0.15) is 10.9 Å². The number of aromatic nitrogens is 1. The smallest absolute Gasteiger partial charge is 0.137 e. The molecule has 2 aromatic rings. The number of hydrogen-bond acceptors (Lipinski definition) is 2. The van der Waals surface area contributed by atoms with Gasteiger partial charge in [-0.05, 0) is 19.1 Å². The Labute approximate surface area is 80.8 Å². The van der Waals surface area contributed by atoms with E-state index in [0.29, 0.717) is 5.15 Å². The predicted octanol–water partition coefficient (Wildman–Crippen LogP) is 2.90. The van der Waals surface area contributed by atoms with E-state index in [2.05, 4.69) is 4.98 Å². The lowest BCUT2D eigenvalue weighted by atomic mass is 10.1. The molecular formula is C10H8ClNO. The maximum Gasteiger partial charge on any atom is 0.137 e. The van der Waals surface area contributed by atoms with E-state index in [1.165, 1.54) is 0 Å². The number of rotatable bonds is 0. The minimum Gasteiger partial charge on any atom is -0.507 e. The molecule has 1 heterocycles. The Kier molecular flexibility index (Phi) is 1.85. The summed E-state index contributed by atoms with van der Waals surface area (Å²) in [5.41, 5.74) is 0.805. The summed E-state index contributed by atoms with van der Waals surface area (Å²) in [5.74, 6) is 0.241. The van der Waals surface area contributed by atoms with E-state index in [0.717, 1.165) is 16.5 Å². The Morgan fingerprint density at radius 2 is 2.08 bits per heavy atom. The van der Waals surface area contributed by atoms with E-state index in [9.17, 15) is 5.11 Å². The normalized spacial score (nSPS) is 10.6. The summed E-state index contributed by atoms with van der Waals surface area (Å²) < 4.78 is 0. The van der Waals surface area contributed by atoms with Gasteiger partial charge >= 0.3 is 0 Å². The van der Waals surface area contributed by atoms with Gasteiger partial charge in [-0.25, -0.2) is 4.98 Å². The molecule has 66 valence electrons. The summed E-state index contributed by atoms with van der Waals surface area (Å²) >= 11 is 5.91. The Hall–Kier alpha value is -1.28. The molecule has 1 aromatic heterocycles. The van der Waals surface area contributed by atoms with Gasteiger partial charge in [0.05, 0.1) is 0 Å². The number of fused-ring (bicyclic) bond motifs is 1. The van der Waals surface area contributed by atoms with Crippen molar-refractivity contribution in [1.29, 1.82) is 0 Å². The Bertz CT molecular complexity index is 468. The van der Waals surface area contributed by atoms with E-state index in [1.807, 2.05) is 19.1 Å². The van der Waals surface area contributed by atoms with Crippen LogP contribution < -0.4 is 0 Å². The molecule has 0 unspecified atom stereocenters. The molecule has 0 saturated carbocycles. The molecule has 0 atom stereocenters. The van der Waals surface area contributed by atoms with Gasteiger partial charge in [0.25, 0.3) is 0 Å². The number of halogens is 1. The van der Waals surface area contributed by atoms with Gasteiger partial charge in [-0.1, -0.05) is 23.7 Å². The first-order valence-electron chi connectivity index (χ1n) is 3.93. The molecule has 0 spiro atoms. The zero-order valence-electron chi connectivity index (χ0n) is 7.08. The van der Waals surface area contributed by atoms with Gasteiger partial charge < -0.3 is 5.11 Å². The van der Waals surface area contributed by atoms with Crippen LogP contribution in [0.3, 0.4) is 0 Å². The molecule has 2 nitrogen and oxygen atoms in total. The zero-order chi connectivity index (χ0) is 9.42. The van der Waals surface area contributed by atoms with E-state index >= 15 is 0 Å². The van der Waals surface area contributed by atoms with Crippen molar-refractivity contribution in [2.45, 2.75) is 6.92 Å². The van der Waals surface area contributed by atoms with Crippen LogP contribution in [-0.2, 0) is 0 Å². The quantitative estimate of drug-likeness (QED) is 0.653. The van der Waals surface area contributed by atoms with Gasteiger partial charge in [0.15, 0.2) is 0 Å². The van der Waals surface area contributed by atoms with Crippen LogP contribution in [0, 0.1) is 6.92 Å². The Morgan fingerprint density at radius 1 is 1.31 bits per heavy atom. The van der Waals surface area contributed by atoms with Crippen LogP contribution in [0.5, 0.6) is 5.75 Å². The lowest BCUT2D eigenvalue weighted by Gasteiger charge is -2.03. The lowest BCUT2D eigenvalue weighted by molar-refractivity contribution is 0.481. The molecule has 0 aliphatic heterocycles. The molecule has 0 aliphatic carbocycles. The highest BCUT2D eigenvalue weighted by atomic mass is 35.5. The van der Waals surface area contributed by atoms with Crippen LogP contribution >= 0.6 is 11.6 Å². The number of phenols is 1. The van der Waals surface area contributed by atoms with Crippen molar-refractivity contribution in [3.05, 3.63) is 35.1 Å². The molecule has 13 heavy (non-hydrogen) atoms. The fraction of sp³-hybridized carbons (Fsp3) is 0.100. The van der Waals surface area contributed by atoms with Crippen LogP contribution in [-0.4, -0.2) is 10.1 Å². The van der Waals surface area contributed by atoms with E-state index in [4.69, 9.17) is 11.6 Å². The van der Waals surface area contributed by atoms with Gasteiger partial charge in [0, 0.05) is 16.5 Å². The molecule has 0 radical (unpaired) electrons. The minimum atomic E-state index is 0.241. The van der Waals surface area contributed by atoms with E-state index in [1.54, 1.807) is 12.1 Å². The van der Waals surface area contributed by atoms with Gasteiger partial charge in [-0.15, -0.1) is 0 Å². The predicted molar refractivity (Wildman–Crippen MR) is 53.2 cm³/mol. The summed E-state index contributed by atoms with van der Waals surface area (Å²) in [7, 11) is 0. The summed E-state index contributed by atoms with van der Waals surface area (Å²) in [6, 6.07) is 7.04. The fourth-order valence-corrected chi connectivity index (χ4v) is 1.64. The van der Waals surface area contributed by atoms with Crippen molar-refractivity contribution >= 4 is 22.4 Å². The molecule has 0 bridgehead atoms. The average Bonchev–Trinajstić information content (AvgIpc) is 2.07. The second kappa shape index (κ2) is 2.89. The number of benzene rings is 1. The third-order valence-corrected chi connectivity index (χ3v) is 2.22. The van der Waals surface area contributed by atoms with Gasteiger partial charge in [-0.3, -0.25) is 0 Å². The summed E-state index contributed by atoms with van der Waals surface area (Å²) in [5, 5.41) is 11.5. The molecule has 3 heteroatoms. The third kappa shape index (κ3) is 1.33. The first kappa shape index (κ1) is 8.32. The van der Waals surface area contributed by atoms with Crippen molar-refractivity contribution in [2.24, 2.45) is 0 Å². The van der Waals surface area contributed by atoms with Crippen LogP contribution in [0.2, 0.25) is 5.15 Å². The van der Waals surface area contributed by atoms with Gasteiger partial charge in [0.2, 0.25) is 0 Å². The molecule has 0 amide bonds. The summed E-state index contributed by atoms with van der Waals surface area (Å²) in [6.07, 6.45) is 0. The highest BCUT2D eigenvalue weighted by molar-refractivity contribution is 6.34. The number of phenolic OH excluding ortho intramolecular Hbond substituents is 1. The van der Waals surface area contributed by atoms with Crippen molar-refractivity contribution < 1.29 is 5.11 Å². The molecule has 2 rings (SSSR count). The second-order valence-electron chi connectivity index (χ2n) is 2.93. The molecule has 0 fully saturated rings. The summed E-state index contributed by atoms with van der Waals surface area (Å²) in [6.45, 7) is 1.84. The first-order chi connectivity index (χ1) is 6.18. The maximum absolute atomic E-state index is 9.53. The van der Waals surface area contributed by atoms with Crippen molar-refractivity contribution in [3.8, 4) is 5.75 Å². The Morgan fingerprint density at radius 3 is 2.85 bits per heavy atom. The number of aromatic hydroxyl groups is 1.